The van der Waals surface area contributed by atoms with Gasteiger partial charge in [-0.25, -0.2) is 0 Å². The topological polar surface area (TPSA) is 126 Å². The second kappa shape index (κ2) is 5.33. The van der Waals surface area contributed by atoms with Gasteiger partial charge in [-0.1, -0.05) is 0 Å². The first-order valence-electron chi connectivity index (χ1n) is 3.26. The van der Waals surface area contributed by atoms with Crippen molar-refractivity contribution in [2.24, 2.45) is 22.2 Å². The van der Waals surface area contributed by atoms with Crippen LogP contribution in [0.1, 0.15) is 6.42 Å². The van der Waals surface area contributed by atoms with Crippen molar-refractivity contribution >= 4 is 11.9 Å². The van der Waals surface area contributed by atoms with Gasteiger partial charge in [0.15, 0.2) is 11.9 Å². The fourth-order valence-corrected chi connectivity index (χ4v) is 0.551. The maximum atomic E-state index is 6.06. The van der Waals surface area contributed by atoms with Crippen LogP contribution in [0.2, 0.25) is 0 Å². The van der Waals surface area contributed by atoms with Crippen LogP contribution in [0.15, 0.2) is 4.99 Å². The minimum atomic E-state index is -0.333. The highest BCUT2D eigenvalue weighted by Gasteiger charge is 1.94. The average Bonchev–Trinajstić information content (AvgIpc) is 1.87. The summed E-state index contributed by atoms with van der Waals surface area (Å²) in [6, 6.07) is 0. The Morgan fingerprint density at radius 3 is 2.27 bits per heavy atom. The fraction of sp³-hybridized carbons (Fsp3) is 0.600. The third-order valence-corrected chi connectivity index (χ3v) is 0.923. The molecular weight excluding hydrogens is 144 g/mol. The first-order chi connectivity index (χ1) is 5.13. The maximum absolute atomic E-state index is 6.06. The number of nitrogens with two attached hydrogens (primary N) is 3. The Bertz CT molecular complexity index is 147. The Morgan fingerprint density at radius 1 is 1.55 bits per heavy atom. The number of hydrogen-bond donors (Lipinski definition) is 5. The summed E-state index contributed by atoms with van der Waals surface area (Å²) in [5.74, 6) is 0.256. The molecule has 0 radical (unpaired) electrons. The first-order valence-corrected chi connectivity index (χ1v) is 3.26. The van der Waals surface area contributed by atoms with Gasteiger partial charge in [0.1, 0.15) is 0 Å². The van der Waals surface area contributed by atoms with Gasteiger partial charge in [-0.2, -0.15) is 0 Å². The van der Waals surface area contributed by atoms with E-state index in [0.717, 1.165) is 19.5 Å². The predicted octanol–water partition coefficient (Wildman–Crippen LogP) is -1.87. The molecule has 0 aliphatic carbocycles. The molecule has 1 aliphatic rings. The molecular formula is C5H14N6. The fourth-order valence-electron chi connectivity index (χ4n) is 0.551. The molecule has 1 aliphatic heterocycles. The van der Waals surface area contributed by atoms with Crippen LogP contribution < -0.4 is 22.5 Å². The number of rotatable bonds is 0. The van der Waals surface area contributed by atoms with Gasteiger partial charge in [0, 0.05) is 13.1 Å². The third kappa shape index (κ3) is 8.54. The van der Waals surface area contributed by atoms with Crippen LogP contribution in [0.3, 0.4) is 0 Å². The number of hydrogen-bond acceptors (Lipinski definition) is 4. The van der Waals surface area contributed by atoms with Crippen molar-refractivity contribution < 1.29 is 0 Å². The molecule has 0 saturated heterocycles. The van der Waals surface area contributed by atoms with Gasteiger partial charge in [0.2, 0.25) is 0 Å². The van der Waals surface area contributed by atoms with Gasteiger partial charge in [-0.15, -0.1) is 0 Å². The van der Waals surface area contributed by atoms with E-state index in [1.165, 1.54) is 0 Å². The van der Waals surface area contributed by atoms with Gasteiger partial charge in [-0.05, 0) is 6.42 Å². The van der Waals surface area contributed by atoms with E-state index < -0.39 is 0 Å². The predicted molar refractivity (Wildman–Crippen MR) is 45.2 cm³/mol. The Kier molecular flexibility index (Phi) is 4.63. The first kappa shape index (κ1) is 9.54. The Hall–Kier alpha value is -1.46. The van der Waals surface area contributed by atoms with Crippen molar-refractivity contribution in [3.8, 4) is 0 Å². The lowest BCUT2D eigenvalue weighted by atomic mass is 10.4. The van der Waals surface area contributed by atoms with E-state index in [1.54, 1.807) is 0 Å². The number of nitrogens with zero attached hydrogens (tertiary/aromatic N) is 1. The molecule has 0 atom stereocenters. The molecule has 0 aromatic carbocycles. The quantitative estimate of drug-likeness (QED) is 0.209. The highest BCUT2D eigenvalue weighted by Crippen LogP contribution is 1.83. The molecule has 0 fully saturated rings. The van der Waals surface area contributed by atoms with Gasteiger partial charge in [0.05, 0.1) is 0 Å². The molecule has 11 heavy (non-hydrogen) atoms. The summed E-state index contributed by atoms with van der Waals surface area (Å²) < 4.78 is 0. The maximum Gasteiger partial charge on any atom is 0.188 e. The minimum Gasteiger partial charge on any atom is -0.370 e. The molecule has 0 aromatic heterocycles. The van der Waals surface area contributed by atoms with Gasteiger partial charge >= 0.3 is 0 Å². The highest BCUT2D eigenvalue weighted by molar-refractivity contribution is 5.78. The zero-order valence-electron chi connectivity index (χ0n) is 6.30. The van der Waals surface area contributed by atoms with Crippen molar-refractivity contribution in [2.45, 2.75) is 6.42 Å². The van der Waals surface area contributed by atoms with E-state index >= 15 is 0 Å². The van der Waals surface area contributed by atoms with E-state index in [1.807, 2.05) is 0 Å². The van der Waals surface area contributed by atoms with Crippen LogP contribution in [-0.2, 0) is 0 Å². The number of nitrogens with one attached hydrogen (secondary N) is 2. The summed E-state index contributed by atoms with van der Waals surface area (Å²) >= 11 is 0. The van der Waals surface area contributed by atoms with E-state index in [9.17, 15) is 0 Å². The van der Waals surface area contributed by atoms with Crippen LogP contribution >= 0.6 is 0 Å². The highest BCUT2D eigenvalue weighted by atomic mass is 15.1. The monoisotopic (exact) mass is 158 g/mol. The third-order valence-electron chi connectivity index (χ3n) is 0.923. The summed E-state index contributed by atoms with van der Waals surface area (Å²) in [5.41, 5.74) is 14.2. The molecule has 0 unspecified atom stereocenters. The van der Waals surface area contributed by atoms with Crippen molar-refractivity contribution in [3.05, 3.63) is 0 Å². The zero-order valence-corrected chi connectivity index (χ0v) is 6.30. The molecule has 1 rings (SSSR count). The van der Waals surface area contributed by atoms with Crippen molar-refractivity contribution in [2.75, 3.05) is 13.1 Å². The van der Waals surface area contributed by atoms with Gasteiger partial charge in [-0.3, -0.25) is 10.4 Å². The van der Waals surface area contributed by atoms with E-state index in [0.29, 0.717) is 5.96 Å². The second-order valence-corrected chi connectivity index (χ2v) is 2.00. The number of guanidine groups is 2. The molecule has 64 valence electrons. The summed E-state index contributed by atoms with van der Waals surface area (Å²) in [4.78, 5) is 3.91. The van der Waals surface area contributed by atoms with Gasteiger partial charge < -0.3 is 22.5 Å². The minimum absolute atomic E-state index is 0.333. The average molecular weight is 158 g/mol. The zero-order chi connectivity index (χ0) is 8.69. The van der Waals surface area contributed by atoms with E-state index in [2.05, 4.69) is 21.8 Å². The molecule has 0 bridgehead atoms. The lowest BCUT2D eigenvalue weighted by molar-refractivity contribution is 0.736. The SMILES string of the molecule is N=C(N)N.NC1=NCCCN1. The van der Waals surface area contributed by atoms with Crippen LogP contribution in [0.4, 0.5) is 0 Å². The van der Waals surface area contributed by atoms with Crippen LogP contribution in [-0.4, -0.2) is 25.0 Å². The lowest BCUT2D eigenvalue weighted by Crippen LogP contribution is -2.35. The van der Waals surface area contributed by atoms with E-state index in [-0.39, 0.29) is 5.96 Å². The normalized spacial score (nSPS) is 15.1. The van der Waals surface area contributed by atoms with Crippen LogP contribution in [0.5, 0.6) is 0 Å². The van der Waals surface area contributed by atoms with E-state index in [4.69, 9.17) is 11.1 Å². The molecule has 0 amide bonds. The standard InChI is InChI=1S/C4H9N3.CH5N3/c5-4-6-2-1-3-7-4;2-1(3)4/h1-3H2,(H3,5,6,7);(H5,2,3,4). The smallest absolute Gasteiger partial charge is 0.188 e. The Balaban J connectivity index is 0.000000218. The largest absolute Gasteiger partial charge is 0.370 e. The summed E-state index contributed by atoms with van der Waals surface area (Å²) in [6.45, 7) is 1.87. The summed E-state index contributed by atoms with van der Waals surface area (Å²) in [6.07, 6.45) is 1.11. The molecule has 6 nitrogen and oxygen atoms in total. The van der Waals surface area contributed by atoms with Crippen molar-refractivity contribution in [1.82, 2.24) is 5.32 Å². The molecule has 6 heteroatoms. The summed E-state index contributed by atoms with van der Waals surface area (Å²) in [7, 11) is 0. The molecule has 8 N–H and O–H groups in total. The van der Waals surface area contributed by atoms with Crippen molar-refractivity contribution in [1.29, 1.82) is 5.41 Å². The van der Waals surface area contributed by atoms with Gasteiger partial charge in [0.25, 0.3) is 0 Å². The number of aliphatic imine (C=N–C) groups is 1. The Labute approximate surface area is 65.3 Å². The van der Waals surface area contributed by atoms with Crippen LogP contribution in [0.25, 0.3) is 0 Å². The van der Waals surface area contributed by atoms with Crippen molar-refractivity contribution in [3.63, 3.8) is 0 Å². The second-order valence-electron chi connectivity index (χ2n) is 2.00. The summed E-state index contributed by atoms with van der Waals surface area (Å²) in [5, 5.41) is 8.97. The molecule has 0 spiro atoms. The van der Waals surface area contributed by atoms with Crippen LogP contribution in [0, 0.1) is 5.41 Å². The molecule has 0 saturated carbocycles. The molecule has 1 heterocycles. The lowest BCUT2D eigenvalue weighted by Gasteiger charge is -2.08. The Morgan fingerprint density at radius 2 is 2.09 bits per heavy atom. The molecule has 0 aromatic rings.